The number of benzene rings is 1. The SMILES string of the molecule is O=C(O)CCC(=O)Nc1ccc(F)c(Br)c1. The third-order valence-corrected chi connectivity index (χ3v) is 2.38. The van der Waals surface area contributed by atoms with Gasteiger partial charge in [0.2, 0.25) is 5.91 Å². The van der Waals surface area contributed by atoms with Crippen molar-refractivity contribution in [3.63, 3.8) is 0 Å². The molecule has 0 unspecified atom stereocenters. The van der Waals surface area contributed by atoms with E-state index in [0.29, 0.717) is 5.69 Å². The fraction of sp³-hybridized carbons (Fsp3) is 0.200. The Morgan fingerprint density at radius 3 is 2.62 bits per heavy atom. The molecule has 16 heavy (non-hydrogen) atoms. The second-order valence-corrected chi connectivity index (χ2v) is 3.93. The van der Waals surface area contributed by atoms with Crippen LogP contribution in [-0.4, -0.2) is 17.0 Å². The quantitative estimate of drug-likeness (QED) is 0.894. The lowest BCUT2D eigenvalue weighted by Crippen LogP contribution is -2.13. The Hall–Kier alpha value is -1.43. The van der Waals surface area contributed by atoms with Crippen LogP contribution in [0, 0.1) is 5.82 Å². The molecule has 0 saturated carbocycles. The number of rotatable bonds is 4. The molecule has 86 valence electrons. The number of aliphatic carboxylic acids is 1. The van der Waals surface area contributed by atoms with Crippen LogP contribution in [0.2, 0.25) is 0 Å². The summed E-state index contributed by atoms with van der Waals surface area (Å²) in [4.78, 5) is 21.4. The number of carboxylic acid groups (broad SMARTS) is 1. The molecule has 0 fully saturated rings. The molecule has 0 spiro atoms. The monoisotopic (exact) mass is 289 g/mol. The Kier molecular flexibility index (Phi) is 4.42. The third-order valence-electron chi connectivity index (χ3n) is 1.77. The van der Waals surface area contributed by atoms with Gasteiger partial charge in [-0.2, -0.15) is 0 Å². The van der Waals surface area contributed by atoms with Crippen molar-refractivity contribution < 1.29 is 19.1 Å². The van der Waals surface area contributed by atoms with E-state index in [1.807, 2.05) is 0 Å². The standard InChI is InChI=1S/C10H9BrFNO3/c11-7-5-6(1-2-8(7)12)13-9(14)3-4-10(15)16/h1-2,5H,3-4H2,(H,13,14)(H,15,16). The van der Waals surface area contributed by atoms with Crippen molar-refractivity contribution >= 4 is 33.5 Å². The van der Waals surface area contributed by atoms with Crippen molar-refractivity contribution in [1.82, 2.24) is 0 Å². The summed E-state index contributed by atoms with van der Waals surface area (Å²) in [6.45, 7) is 0. The maximum atomic E-state index is 12.9. The Balaban J connectivity index is 2.56. The average molecular weight is 290 g/mol. The van der Waals surface area contributed by atoms with Gasteiger partial charge < -0.3 is 10.4 Å². The number of nitrogens with one attached hydrogen (secondary N) is 1. The first-order valence-electron chi connectivity index (χ1n) is 4.45. The van der Waals surface area contributed by atoms with E-state index in [1.165, 1.54) is 18.2 Å². The zero-order valence-corrected chi connectivity index (χ0v) is 9.75. The molecule has 0 saturated heterocycles. The van der Waals surface area contributed by atoms with Crippen LogP contribution in [-0.2, 0) is 9.59 Å². The second-order valence-electron chi connectivity index (χ2n) is 3.07. The fourth-order valence-corrected chi connectivity index (χ4v) is 1.40. The van der Waals surface area contributed by atoms with Crippen LogP contribution >= 0.6 is 15.9 Å². The van der Waals surface area contributed by atoms with Gasteiger partial charge >= 0.3 is 5.97 Å². The predicted octanol–water partition coefficient (Wildman–Crippen LogP) is 2.39. The van der Waals surface area contributed by atoms with Gasteiger partial charge in [0, 0.05) is 12.1 Å². The highest BCUT2D eigenvalue weighted by Gasteiger charge is 2.07. The maximum absolute atomic E-state index is 12.9. The highest BCUT2D eigenvalue weighted by molar-refractivity contribution is 9.10. The zero-order valence-electron chi connectivity index (χ0n) is 8.17. The van der Waals surface area contributed by atoms with Gasteiger partial charge in [-0.3, -0.25) is 9.59 Å². The first-order chi connectivity index (χ1) is 7.49. The van der Waals surface area contributed by atoms with Crippen molar-refractivity contribution in [1.29, 1.82) is 0 Å². The molecule has 4 nitrogen and oxygen atoms in total. The Bertz CT molecular complexity index is 423. The third kappa shape index (κ3) is 3.98. The number of carboxylic acids is 1. The van der Waals surface area contributed by atoms with E-state index >= 15 is 0 Å². The van der Waals surface area contributed by atoms with Gasteiger partial charge in [0.25, 0.3) is 0 Å². The minimum absolute atomic E-state index is 0.107. The molecule has 1 rings (SSSR count). The fourth-order valence-electron chi connectivity index (χ4n) is 1.02. The Morgan fingerprint density at radius 2 is 2.06 bits per heavy atom. The van der Waals surface area contributed by atoms with Crippen LogP contribution in [0.15, 0.2) is 22.7 Å². The molecule has 0 aliphatic carbocycles. The molecule has 0 aliphatic heterocycles. The topological polar surface area (TPSA) is 66.4 Å². The van der Waals surface area contributed by atoms with Gasteiger partial charge in [0.15, 0.2) is 0 Å². The van der Waals surface area contributed by atoms with E-state index in [9.17, 15) is 14.0 Å². The molecule has 1 aromatic rings. The zero-order chi connectivity index (χ0) is 12.1. The number of halogens is 2. The van der Waals surface area contributed by atoms with Crippen LogP contribution in [0.1, 0.15) is 12.8 Å². The molecule has 1 aromatic carbocycles. The van der Waals surface area contributed by atoms with Gasteiger partial charge in [-0.25, -0.2) is 4.39 Å². The molecular formula is C10H9BrFNO3. The summed E-state index contributed by atoms with van der Waals surface area (Å²) in [5, 5.41) is 10.8. The highest BCUT2D eigenvalue weighted by Crippen LogP contribution is 2.20. The first kappa shape index (κ1) is 12.6. The van der Waals surface area contributed by atoms with Gasteiger partial charge in [-0.15, -0.1) is 0 Å². The molecule has 0 atom stereocenters. The second kappa shape index (κ2) is 5.60. The number of carbonyl (C=O) groups is 2. The van der Waals surface area contributed by atoms with Crippen LogP contribution in [0.4, 0.5) is 10.1 Å². The minimum atomic E-state index is -1.03. The molecule has 6 heteroatoms. The normalized spacial score (nSPS) is 9.88. The summed E-state index contributed by atoms with van der Waals surface area (Å²) in [6, 6.07) is 4.02. The number of hydrogen-bond donors (Lipinski definition) is 2. The lowest BCUT2D eigenvalue weighted by molar-refractivity contribution is -0.138. The summed E-state index contributed by atoms with van der Waals surface area (Å²) >= 11 is 2.98. The Morgan fingerprint density at radius 1 is 1.38 bits per heavy atom. The number of anilines is 1. The van der Waals surface area contributed by atoms with Crippen LogP contribution in [0.25, 0.3) is 0 Å². The largest absolute Gasteiger partial charge is 0.481 e. The van der Waals surface area contributed by atoms with Gasteiger partial charge in [0.05, 0.1) is 10.9 Å². The Labute approximate surface area is 99.6 Å². The molecule has 0 aromatic heterocycles. The summed E-state index contributed by atoms with van der Waals surface area (Å²) in [5.41, 5.74) is 0.420. The summed E-state index contributed by atoms with van der Waals surface area (Å²) < 4.78 is 13.1. The van der Waals surface area contributed by atoms with Crippen LogP contribution in [0.5, 0.6) is 0 Å². The molecule has 0 bridgehead atoms. The van der Waals surface area contributed by atoms with E-state index in [2.05, 4.69) is 21.2 Å². The number of hydrogen-bond acceptors (Lipinski definition) is 2. The summed E-state index contributed by atoms with van der Waals surface area (Å²) in [5.74, 6) is -1.88. The van der Waals surface area contributed by atoms with Gasteiger partial charge in [-0.05, 0) is 34.1 Å². The molecule has 1 amide bonds. The maximum Gasteiger partial charge on any atom is 0.303 e. The molecule has 2 N–H and O–H groups in total. The van der Waals surface area contributed by atoms with E-state index < -0.39 is 17.7 Å². The minimum Gasteiger partial charge on any atom is -0.481 e. The van der Waals surface area contributed by atoms with E-state index in [0.717, 1.165) is 0 Å². The first-order valence-corrected chi connectivity index (χ1v) is 5.25. The van der Waals surface area contributed by atoms with Crippen LogP contribution < -0.4 is 5.32 Å². The summed E-state index contributed by atoms with van der Waals surface area (Å²) in [6.07, 6.45) is -0.335. The van der Waals surface area contributed by atoms with Gasteiger partial charge in [-0.1, -0.05) is 0 Å². The van der Waals surface area contributed by atoms with Crippen molar-refractivity contribution in [3.8, 4) is 0 Å². The smallest absolute Gasteiger partial charge is 0.303 e. The molecule has 0 heterocycles. The molecule has 0 aliphatic rings. The van der Waals surface area contributed by atoms with E-state index in [-0.39, 0.29) is 17.3 Å². The number of amides is 1. The van der Waals surface area contributed by atoms with Gasteiger partial charge in [0.1, 0.15) is 5.82 Å². The van der Waals surface area contributed by atoms with E-state index in [4.69, 9.17) is 5.11 Å². The lowest BCUT2D eigenvalue weighted by atomic mass is 10.2. The number of carbonyl (C=O) groups excluding carboxylic acids is 1. The van der Waals surface area contributed by atoms with Crippen molar-refractivity contribution in [2.45, 2.75) is 12.8 Å². The molecular weight excluding hydrogens is 281 g/mol. The van der Waals surface area contributed by atoms with Crippen LogP contribution in [0.3, 0.4) is 0 Å². The highest BCUT2D eigenvalue weighted by atomic mass is 79.9. The lowest BCUT2D eigenvalue weighted by Gasteiger charge is -2.04. The van der Waals surface area contributed by atoms with Crippen molar-refractivity contribution in [2.24, 2.45) is 0 Å². The van der Waals surface area contributed by atoms with Crippen molar-refractivity contribution in [3.05, 3.63) is 28.5 Å². The predicted molar refractivity (Wildman–Crippen MR) is 59.6 cm³/mol. The average Bonchev–Trinajstić information content (AvgIpc) is 2.21. The van der Waals surface area contributed by atoms with E-state index in [1.54, 1.807) is 0 Å². The molecule has 0 radical (unpaired) electrons. The summed E-state index contributed by atoms with van der Waals surface area (Å²) in [7, 11) is 0. The van der Waals surface area contributed by atoms with Crippen molar-refractivity contribution in [2.75, 3.05) is 5.32 Å².